The lowest BCUT2D eigenvalue weighted by Gasteiger charge is -2.06. The summed E-state index contributed by atoms with van der Waals surface area (Å²) < 4.78 is 5.01. The molecule has 0 fully saturated rings. The summed E-state index contributed by atoms with van der Waals surface area (Å²) in [6.07, 6.45) is -0.743. The molecule has 0 radical (unpaired) electrons. The van der Waals surface area contributed by atoms with Gasteiger partial charge in [-0.1, -0.05) is 25.4 Å². The Bertz CT molecular complexity index is 660. The second-order valence-corrected chi connectivity index (χ2v) is 5.78. The van der Waals surface area contributed by atoms with Crippen LogP contribution < -0.4 is 16.2 Å². The van der Waals surface area contributed by atoms with Crippen LogP contribution in [0.15, 0.2) is 52.7 Å². The first kappa shape index (κ1) is 19.7. The number of ether oxygens (including phenoxy) is 1. The van der Waals surface area contributed by atoms with E-state index < -0.39 is 6.23 Å². The van der Waals surface area contributed by atoms with Crippen molar-refractivity contribution in [2.24, 2.45) is 16.1 Å². The summed E-state index contributed by atoms with van der Waals surface area (Å²) in [6.45, 7) is 3.77. The first-order valence-corrected chi connectivity index (χ1v) is 7.74. The van der Waals surface area contributed by atoms with Crippen molar-refractivity contribution in [3.63, 3.8) is 0 Å². The Morgan fingerprint density at radius 1 is 1.04 bits per heavy atom. The van der Waals surface area contributed by atoms with Gasteiger partial charge >= 0.3 is 0 Å². The van der Waals surface area contributed by atoms with Gasteiger partial charge in [0.1, 0.15) is 5.75 Å². The zero-order chi connectivity index (χ0) is 18.1. The van der Waals surface area contributed by atoms with Crippen molar-refractivity contribution in [2.75, 3.05) is 18.6 Å². The fourth-order valence-corrected chi connectivity index (χ4v) is 1.63. The van der Waals surface area contributed by atoms with Crippen LogP contribution in [0.1, 0.15) is 13.8 Å². The summed E-state index contributed by atoms with van der Waals surface area (Å²) in [5.41, 5.74) is 12.6. The van der Waals surface area contributed by atoms with Crippen LogP contribution in [-0.4, -0.2) is 18.4 Å². The van der Waals surface area contributed by atoms with Crippen LogP contribution in [0.4, 0.5) is 17.1 Å². The van der Waals surface area contributed by atoms with Gasteiger partial charge in [-0.05, 0) is 42.5 Å². The first-order valence-electron chi connectivity index (χ1n) is 7.37. The molecule has 7 heteroatoms. The number of halogens is 1. The van der Waals surface area contributed by atoms with Crippen LogP contribution in [0, 0.1) is 5.92 Å². The van der Waals surface area contributed by atoms with Gasteiger partial charge in [0.05, 0.1) is 24.2 Å². The summed E-state index contributed by atoms with van der Waals surface area (Å²) in [6, 6.07) is 12.2. The Labute approximate surface area is 147 Å². The van der Waals surface area contributed by atoms with Crippen LogP contribution >= 0.6 is 11.6 Å². The van der Waals surface area contributed by atoms with E-state index in [1.165, 1.54) is 0 Å². The Morgan fingerprint density at radius 3 is 2.12 bits per heavy atom. The number of aliphatic hydroxyl groups excluding tert-OH is 1. The number of nitrogens with two attached hydrogens (primary N) is 2. The van der Waals surface area contributed by atoms with Crippen molar-refractivity contribution in [2.45, 2.75) is 20.1 Å². The molecule has 0 aliphatic carbocycles. The van der Waals surface area contributed by atoms with Crippen LogP contribution in [0.2, 0.25) is 5.02 Å². The zero-order valence-electron chi connectivity index (χ0n) is 14.0. The van der Waals surface area contributed by atoms with E-state index in [2.05, 4.69) is 10.2 Å². The zero-order valence-corrected chi connectivity index (χ0v) is 14.7. The fourth-order valence-electron chi connectivity index (χ4n) is 1.45. The van der Waals surface area contributed by atoms with Gasteiger partial charge in [-0.25, -0.2) is 0 Å². The molecule has 130 valence electrons. The highest BCUT2D eigenvalue weighted by molar-refractivity contribution is 6.31. The molecule has 0 aliphatic rings. The third kappa shape index (κ3) is 6.85. The maximum absolute atomic E-state index is 9.40. The van der Waals surface area contributed by atoms with Gasteiger partial charge in [0.25, 0.3) is 0 Å². The lowest BCUT2D eigenvalue weighted by atomic mass is 10.2. The number of nitrogens with zero attached hydrogens (tertiary/aromatic N) is 2. The van der Waals surface area contributed by atoms with Crippen molar-refractivity contribution in [3.05, 3.63) is 47.5 Å². The third-order valence-corrected chi connectivity index (χ3v) is 3.24. The van der Waals surface area contributed by atoms with Gasteiger partial charge in [0.2, 0.25) is 0 Å². The molecule has 0 saturated carbocycles. The first-order chi connectivity index (χ1) is 11.3. The van der Waals surface area contributed by atoms with Gasteiger partial charge < -0.3 is 21.3 Å². The lowest BCUT2D eigenvalue weighted by molar-refractivity contribution is 0.127. The summed E-state index contributed by atoms with van der Waals surface area (Å²) in [7, 11) is 1.61. The van der Waals surface area contributed by atoms with Gasteiger partial charge in [-0.15, -0.1) is 0 Å². The smallest absolute Gasteiger partial charge is 0.168 e. The molecule has 5 N–H and O–H groups in total. The molecule has 0 spiro atoms. The molecule has 24 heavy (non-hydrogen) atoms. The highest BCUT2D eigenvalue weighted by Gasteiger charge is 2.05. The predicted octanol–water partition coefficient (Wildman–Crippen LogP) is 4.26. The number of benzene rings is 2. The molecule has 2 aromatic carbocycles. The molecular weight excluding hydrogens is 328 g/mol. The van der Waals surface area contributed by atoms with Crippen LogP contribution in [0.3, 0.4) is 0 Å². The van der Waals surface area contributed by atoms with Crippen LogP contribution in [0.5, 0.6) is 5.75 Å². The second-order valence-electron chi connectivity index (χ2n) is 5.34. The standard InChI is InChI=1S/C11H16N2O2.C6H7ClN2/c1-8(2)11(14)13-12-9-4-6-10(15-3)7-5-9;7-4-1-2-5(8)6(9)3-4/h4-8,11,14H,1-3H3;1-3H,8-9H2. The molecule has 1 atom stereocenters. The van der Waals surface area contributed by atoms with Crippen LogP contribution in [-0.2, 0) is 0 Å². The minimum absolute atomic E-state index is 0.0759. The van der Waals surface area contributed by atoms with Gasteiger partial charge in [0.15, 0.2) is 6.23 Å². The van der Waals surface area contributed by atoms with Gasteiger partial charge in [-0.3, -0.25) is 0 Å². The van der Waals surface area contributed by atoms with Crippen LogP contribution in [0.25, 0.3) is 0 Å². The minimum Gasteiger partial charge on any atom is -0.497 e. The normalized spacial score (nSPS) is 11.9. The van der Waals surface area contributed by atoms with Crippen molar-refractivity contribution >= 4 is 28.7 Å². The number of aliphatic hydroxyl groups is 1. The Morgan fingerprint density at radius 2 is 1.67 bits per heavy atom. The Hall–Kier alpha value is -2.31. The van der Waals surface area contributed by atoms with E-state index in [9.17, 15) is 5.11 Å². The van der Waals surface area contributed by atoms with Gasteiger partial charge in [0, 0.05) is 10.9 Å². The molecule has 0 aromatic heterocycles. The number of rotatable bonds is 4. The van der Waals surface area contributed by atoms with E-state index in [0.717, 1.165) is 5.75 Å². The molecule has 6 nitrogen and oxygen atoms in total. The fraction of sp³-hybridized carbons (Fsp3) is 0.294. The topological polar surface area (TPSA) is 106 Å². The number of hydrogen-bond acceptors (Lipinski definition) is 6. The average molecular weight is 351 g/mol. The second kappa shape index (κ2) is 9.75. The van der Waals surface area contributed by atoms with E-state index in [0.29, 0.717) is 22.1 Å². The molecule has 1 unspecified atom stereocenters. The monoisotopic (exact) mass is 350 g/mol. The van der Waals surface area contributed by atoms with E-state index in [4.69, 9.17) is 27.8 Å². The summed E-state index contributed by atoms with van der Waals surface area (Å²) in [5.74, 6) is 0.852. The van der Waals surface area contributed by atoms with Crippen molar-refractivity contribution in [1.82, 2.24) is 0 Å². The quantitative estimate of drug-likeness (QED) is 0.565. The number of anilines is 2. The summed E-state index contributed by atoms with van der Waals surface area (Å²) >= 11 is 5.58. The van der Waals surface area contributed by atoms with E-state index in [-0.39, 0.29) is 5.92 Å². The molecule has 0 aliphatic heterocycles. The predicted molar refractivity (Wildman–Crippen MR) is 98.6 cm³/mol. The minimum atomic E-state index is -0.743. The molecule has 2 aromatic rings. The SMILES string of the molecule is COc1ccc(N=NC(O)C(C)C)cc1.Nc1ccc(Cl)cc1N. The molecule has 0 bridgehead atoms. The number of methoxy groups -OCH3 is 1. The Balaban J connectivity index is 0.000000272. The van der Waals surface area contributed by atoms with E-state index >= 15 is 0 Å². The average Bonchev–Trinajstić information content (AvgIpc) is 2.57. The molecular formula is C17H23ClN4O2. The van der Waals surface area contributed by atoms with Crippen molar-refractivity contribution < 1.29 is 9.84 Å². The van der Waals surface area contributed by atoms with Crippen molar-refractivity contribution in [3.8, 4) is 5.75 Å². The van der Waals surface area contributed by atoms with E-state index in [1.807, 2.05) is 13.8 Å². The van der Waals surface area contributed by atoms with Crippen molar-refractivity contribution in [1.29, 1.82) is 0 Å². The summed E-state index contributed by atoms with van der Waals surface area (Å²) in [5, 5.41) is 17.7. The number of nitrogen functional groups attached to an aromatic ring is 2. The lowest BCUT2D eigenvalue weighted by Crippen LogP contribution is -2.09. The molecule has 0 amide bonds. The molecule has 0 heterocycles. The molecule has 2 rings (SSSR count). The van der Waals surface area contributed by atoms with Gasteiger partial charge in [-0.2, -0.15) is 10.2 Å². The third-order valence-electron chi connectivity index (χ3n) is 3.01. The highest BCUT2D eigenvalue weighted by Crippen LogP contribution is 2.19. The maximum atomic E-state index is 9.40. The number of hydrogen-bond donors (Lipinski definition) is 3. The van der Waals surface area contributed by atoms with E-state index in [1.54, 1.807) is 49.6 Å². The maximum Gasteiger partial charge on any atom is 0.168 e. The largest absolute Gasteiger partial charge is 0.497 e. The number of azo groups is 1. The summed E-state index contributed by atoms with van der Waals surface area (Å²) in [4.78, 5) is 0. The Kier molecular flexibility index (Phi) is 8.01. The molecule has 0 saturated heterocycles. The highest BCUT2D eigenvalue weighted by atomic mass is 35.5.